The number of nitrogens with zero attached hydrogens (tertiary/aromatic N) is 1. The smallest absolute Gasteiger partial charge is 0.416 e. The number of hydrogen-bond donors (Lipinski definition) is 2. The van der Waals surface area contributed by atoms with Crippen LogP contribution < -0.4 is 10.1 Å². The molecule has 0 saturated heterocycles. The predicted molar refractivity (Wildman–Crippen MR) is 104 cm³/mol. The number of hydrogen-bond acceptors (Lipinski definition) is 5. The molecule has 0 amide bonds. The van der Waals surface area contributed by atoms with Crippen LogP contribution in [-0.2, 0) is 11.0 Å². The Morgan fingerprint density at radius 1 is 1.30 bits per heavy atom. The third-order valence-electron chi connectivity index (χ3n) is 4.07. The van der Waals surface area contributed by atoms with Gasteiger partial charge in [0.2, 0.25) is 0 Å². The molecule has 30 heavy (non-hydrogen) atoms. The van der Waals surface area contributed by atoms with Crippen LogP contribution in [0.1, 0.15) is 31.7 Å². The molecular formula is C19H18ClF3N2O5. The van der Waals surface area contributed by atoms with Crippen LogP contribution in [0.4, 0.5) is 24.5 Å². The number of nitrogens with one attached hydrogen (secondary N) is 1. The van der Waals surface area contributed by atoms with Gasteiger partial charge in [-0.2, -0.15) is 13.2 Å². The Hall–Kier alpha value is -3.01. The van der Waals surface area contributed by atoms with Gasteiger partial charge in [0.1, 0.15) is 17.2 Å². The number of benzene rings is 2. The summed E-state index contributed by atoms with van der Waals surface area (Å²) in [5.41, 5.74) is -1.21. The quantitative estimate of drug-likeness (QED) is 0.355. The summed E-state index contributed by atoms with van der Waals surface area (Å²) in [5.74, 6) is -1.05. The molecule has 0 fully saturated rings. The molecule has 2 rings (SSSR count). The molecule has 7 nitrogen and oxygen atoms in total. The van der Waals surface area contributed by atoms with Crippen molar-refractivity contribution >= 4 is 28.9 Å². The average molecular weight is 447 g/mol. The van der Waals surface area contributed by atoms with Crippen LogP contribution in [-0.4, -0.2) is 22.0 Å². The Morgan fingerprint density at radius 2 is 2.00 bits per heavy atom. The maximum Gasteiger partial charge on any atom is 0.416 e. The fraction of sp³-hybridized carbons (Fsp3) is 0.316. The Bertz CT molecular complexity index is 937. The van der Waals surface area contributed by atoms with Crippen molar-refractivity contribution in [3.63, 3.8) is 0 Å². The summed E-state index contributed by atoms with van der Waals surface area (Å²) in [5, 5.41) is 22.9. The molecule has 0 aliphatic carbocycles. The summed E-state index contributed by atoms with van der Waals surface area (Å²) in [6, 6.07) is 5.70. The molecule has 0 aliphatic heterocycles. The minimum atomic E-state index is -4.56. The fourth-order valence-corrected chi connectivity index (χ4v) is 2.96. The van der Waals surface area contributed by atoms with E-state index in [9.17, 15) is 28.1 Å². The van der Waals surface area contributed by atoms with Gasteiger partial charge in [-0.3, -0.25) is 14.9 Å². The molecule has 0 aliphatic rings. The van der Waals surface area contributed by atoms with Crippen LogP contribution in [0.25, 0.3) is 0 Å². The number of halogens is 4. The highest BCUT2D eigenvalue weighted by Crippen LogP contribution is 2.38. The summed E-state index contributed by atoms with van der Waals surface area (Å²) in [4.78, 5) is 21.7. The highest BCUT2D eigenvalue weighted by atomic mass is 35.5. The molecule has 0 saturated carbocycles. The molecule has 2 N–H and O–H groups in total. The monoisotopic (exact) mass is 446 g/mol. The second kappa shape index (κ2) is 9.66. The number of carboxylic acids is 1. The highest BCUT2D eigenvalue weighted by Gasteiger charge is 2.31. The van der Waals surface area contributed by atoms with E-state index in [-0.39, 0.29) is 34.3 Å². The molecule has 0 radical (unpaired) electrons. The topological polar surface area (TPSA) is 102 Å². The second-order valence-corrected chi connectivity index (χ2v) is 6.82. The zero-order valence-electron chi connectivity index (χ0n) is 15.7. The zero-order chi connectivity index (χ0) is 22.5. The molecule has 2 aromatic carbocycles. The first kappa shape index (κ1) is 23.3. The predicted octanol–water partition coefficient (Wildman–Crippen LogP) is 6.11. The van der Waals surface area contributed by atoms with E-state index in [1.807, 2.05) is 6.92 Å². The van der Waals surface area contributed by atoms with Crippen LogP contribution >= 0.6 is 11.6 Å². The Morgan fingerprint density at radius 3 is 2.53 bits per heavy atom. The Labute approximate surface area is 174 Å². The van der Waals surface area contributed by atoms with E-state index in [1.165, 1.54) is 12.1 Å². The van der Waals surface area contributed by atoms with E-state index in [1.54, 1.807) is 0 Å². The zero-order valence-corrected chi connectivity index (χ0v) is 16.5. The summed E-state index contributed by atoms with van der Waals surface area (Å²) >= 11 is 5.88. The average Bonchev–Trinajstić information content (AvgIpc) is 2.62. The van der Waals surface area contributed by atoms with Gasteiger partial charge in [-0.05, 0) is 30.7 Å². The largest absolute Gasteiger partial charge is 0.481 e. The molecule has 11 heteroatoms. The lowest BCUT2D eigenvalue weighted by atomic mass is 10.1. The van der Waals surface area contributed by atoms with Crippen LogP contribution in [0.15, 0.2) is 36.4 Å². The van der Waals surface area contributed by atoms with Crippen molar-refractivity contribution in [1.82, 2.24) is 0 Å². The second-order valence-electron chi connectivity index (χ2n) is 6.41. The minimum absolute atomic E-state index is 0.0280. The van der Waals surface area contributed by atoms with Gasteiger partial charge in [-0.15, -0.1) is 0 Å². The lowest BCUT2D eigenvalue weighted by molar-refractivity contribution is -0.384. The van der Waals surface area contributed by atoms with E-state index in [2.05, 4.69) is 5.32 Å². The van der Waals surface area contributed by atoms with Crippen molar-refractivity contribution in [1.29, 1.82) is 0 Å². The lowest BCUT2D eigenvalue weighted by Crippen LogP contribution is -2.23. The van der Waals surface area contributed by atoms with Crippen molar-refractivity contribution in [3.05, 3.63) is 57.1 Å². The van der Waals surface area contributed by atoms with Gasteiger partial charge in [0.15, 0.2) is 0 Å². The number of rotatable bonds is 9. The van der Waals surface area contributed by atoms with Crippen LogP contribution in [0.3, 0.4) is 0 Å². The molecule has 0 heterocycles. The first-order chi connectivity index (χ1) is 14.0. The van der Waals surface area contributed by atoms with E-state index < -0.39 is 28.7 Å². The lowest BCUT2D eigenvalue weighted by Gasteiger charge is -2.18. The Kier molecular flexibility index (Phi) is 7.49. The molecule has 0 aromatic heterocycles. The standard InChI is InChI=1S/C19H18ClF3N2O5/c1-2-3-12(9-18(26)27)24-15-10-13(5-6-16(15)25(28)29)30-17-7-4-11(8-14(17)20)19(21,22)23/h4-8,10,12,24H,2-3,9H2,1H3,(H,26,27). The van der Waals surface area contributed by atoms with Gasteiger partial charge in [0.25, 0.3) is 5.69 Å². The normalized spacial score (nSPS) is 12.3. The molecule has 1 atom stereocenters. The number of anilines is 1. The number of carboxylic acid groups (broad SMARTS) is 1. The third kappa shape index (κ3) is 6.24. The number of carbonyl (C=O) groups is 1. The van der Waals surface area contributed by atoms with Crippen molar-refractivity contribution in [2.75, 3.05) is 5.32 Å². The van der Waals surface area contributed by atoms with Crippen molar-refractivity contribution < 1.29 is 32.7 Å². The first-order valence-corrected chi connectivity index (χ1v) is 9.20. The van der Waals surface area contributed by atoms with Gasteiger partial charge in [0, 0.05) is 18.2 Å². The number of ether oxygens (including phenoxy) is 1. The van der Waals surface area contributed by atoms with Crippen LogP contribution in [0, 0.1) is 10.1 Å². The van der Waals surface area contributed by atoms with Gasteiger partial charge >= 0.3 is 12.1 Å². The van der Waals surface area contributed by atoms with Crippen molar-refractivity contribution in [3.8, 4) is 11.5 Å². The molecule has 2 aromatic rings. The molecule has 0 bridgehead atoms. The summed E-state index contributed by atoms with van der Waals surface area (Å²) < 4.78 is 43.8. The number of aliphatic carboxylic acids is 1. The number of nitro benzene ring substituents is 1. The maximum atomic E-state index is 12.8. The Balaban J connectivity index is 2.33. The van der Waals surface area contributed by atoms with Gasteiger partial charge < -0.3 is 15.2 Å². The van der Waals surface area contributed by atoms with Gasteiger partial charge in [-0.1, -0.05) is 24.9 Å². The SMILES string of the molecule is CCCC(CC(=O)O)Nc1cc(Oc2ccc(C(F)(F)F)cc2Cl)ccc1[N+](=O)[O-]. The van der Waals surface area contributed by atoms with E-state index in [0.717, 1.165) is 18.2 Å². The maximum absolute atomic E-state index is 12.8. The van der Waals surface area contributed by atoms with Crippen LogP contribution in [0.2, 0.25) is 5.02 Å². The molecule has 162 valence electrons. The third-order valence-corrected chi connectivity index (χ3v) is 4.36. The van der Waals surface area contributed by atoms with Crippen molar-refractivity contribution in [2.24, 2.45) is 0 Å². The van der Waals surface area contributed by atoms with Crippen molar-refractivity contribution in [2.45, 2.75) is 38.4 Å². The molecule has 1 unspecified atom stereocenters. The van der Waals surface area contributed by atoms with Gasteiger partial charge in [-0.25, -0.2) is 0 Å². The van der Waals surface area contributed by atoms with E-state index >= 15 is 0 Å². The van der Waals surface area contributed by atoms with Crippen LogP contribution in [0.5, 0.6) is 11.5 Å². The molecular weight excluding hydrogens is 429 g/mol. The minimum Gasteiger partial charge on any atom is -0.481 e. The van der Waals surface area contributed by atoms with E-state index in [0.29, 0.717) is 18.9 Å². The van der Waals surface area contributed by atoms with E-state index in [4.69, 9.17) is 21.4 Å². The number of nitro groups is 1. The summed E-state index contributed by atoms with van der Waals surface area (Å²) in [7, 11) is 0. The summed E-state index contributed by atoms with van der Waals surface area (Å²) in [6.07, 6.45) is -3.71. The highest BCUT2D eigenvalue weighted by molar-refractivity contribution is 6.32. The summed E-state index contributed by atoms with van der Waals surface area (Å²) in [6.45, 7) is 1.84. The first-order valence-electron chi connectivity index (χ1n) is 8.82. The van der Waals surface area contributed by atoms with Gasteiger partial charge in [0.05, 0.1) is 21.9 Å². The number of alkyl halides is 3. The fourth-order valence-electron chi connectivity index (χ4n) is 2.74. The molecule has 0 spiro atoms.